The molecule has 2 unspecified atom stereocenters. The molecule has 96 valence electrons. The highest BCUT2D eigenvalue weighted by Gasteiger charge is 2.97. The molecule has 0 bridgehead atoms. The Bertz CT molecular complexity index is 339. The molecule has 2 aliphatic carbocycles. The van der Waals surface area contributed by atoms with Gasteiger partial charge in [-0.15, -0.1) is 0 Å². The van der Waals surface area contributed by atoms with Gasteiger partial charge in [0.25, 0.3) is 0 Å². The summed E-state index contributed by atoms with van der Waals surface area (Å²) < 4.78 is 11.9. The lowest BCUT2D eigenvalue weighted by Gasteiger charge is -2.42. The summed E-state index contributed by atoms with van der Waals surface area (Å²) in [5.41, 5.74) is 0.285. The monoisotopic (exact) mass is 236 g/mol. The third kappa shape index (κ3) is 1.14. The summed E-state index contributed by atoms with van der Waals surface area (Å²) >= 11 is 0. The van der Waals surface area contributed by atoms with E-state index in [9.17, 15) is 0 Å². The molecular formula is C15H24O2. The summed E-state index contributed by atoms with van der Waals surface area (Å²) in [6, 6.07) is 0. The smallest absolute Gasteiger partial charge is 0.235 e. The maximum absolute atomic E-state index is 5.95. The maximum atomic E-state index is 5.95. The highest BCUT2D eigenvalue weighted by molar-refractivity contribution is 5.28. The second-order valence-corrected chi connectivity index (χ2v) is 7.03. The molecule has 0 radical (unpaired) electrons. The second-order valence-electron chi connectivity index (χ2n) is 7.03. The predicted molar refractivity (Wildman–Crippen MR) is 65.3 cm³/mol. The standard InChI is InChI=1S/C15H24O2/c1-11(12-7-4-3-5-8-12)13(2)9-6-10-14-15(13,16-14)17-14/h11-12H,3-10H2,1-2H3. The lowest BCUT2D eigenvalue weighted by atomic mass is 9.61. The average molecular weight is 236 g/mol. The van der Waals surface area contributed by atoms with Crippen molar-refractivity contribution >= 4 is 0 Å². The summed E-state index contributed by atoms with van der Waals surface area (Å²) in [6.07, 6.45) is 10.9. The van der Waals surface area contributed by atoms with Gasteiger partial charge in [-0.05, 0) is 24.7 Å². The largest absolute Gasteiger partial charge is 0.306 e. The lowest BCUT2D eigenvalue weighted by molar-refractivity contribution is -0.150. The fourth-order valence-corrected chi connectivity index (χ4v) is 4.89. The average Bonchev–Trinajstić information content (AvgIpc) is 3.17. The Kier molecular flexibility index (Phi) is 1.96. The van der Waals surface area contributed by atoms with Gasteiger partial charge < -0.3 is 9.47 Å². The third-order valence-corrected chi connectivity index (χ3v) is 6.35. The van der Waals surface area contributed by atoms with E-state index < -0.39 is 0 Å². The van der Waals surface area contributed by atoms with E-state index in [1.807, 2.05) is 0 Å². The molecule has 0 aromatic carbocycles. The zero-order valence-corrected chi connectivity index (χ0v) is 11.1. The zero-order valence-electron chi connectivity index (χ0n) is 11.1. The van der Waals surface area contributed by atoms with E-state index in [0.29, 0.717) is 0 Å². The lowest BCUT2D eigenvalue weighted by Crippen LogP contribution is -2.41. The molecule has 2 nitrogen and oxygen atoms in total. The Labute approximate surface area is 104 Å². The molecule has 4 rings (SSSR count). The van der Waals surface area contributed by atoms with Crippen LogP contribution < -0.4 is 0 Å². The van der Waals surface area contributed by atoms with Gasteiger partial charge in [0.2, 0.25) is 11.6 Å². The van der Waals surface area contributed by atoms with Gasteiger partial charge in [0.1, 0.15) is 0 Å². The Morgan fingerprint density at radius 1 is 1.00 bits per heavy atom. The first-order valence-electron chi connectivity index (χ1n) is 7.54. The van der Waals surface area contributed by atoms with Gasteiger partial charge >= 0.3 is 0 Å². The molecule has 2 aliphatic heterocycles. The molecule has 0 aromatic rings. The maximum Gasteiger partial charge on any atom is 0.235 e. The van der Waals surface area contributed by atoms with Crippen molar-refractivity contribution in [2.75, 3.05) is 0 Å². The number of hydrogen-bond donors (Lipinski definition) is 0. The summed E-state index contributed by atoms with van der Waals surface area (Å²) in [4.78, 5) is 0. The molecular weight excluding hydrogens is 212 g/mol. The fourth-order valence-electron chi connectivity index (χ4n) is 4.89. The van der Waals surface area contributed by atoms with Gasteiger partial charge in [-0.25, -0.2) is 0 Å². The van der Waals surface area contributed by atoms with Crippen LogP contribution in [-0.2, 0) is 9.47 Å². The van der Waals surface area contributed by atoms with Crippen LogP contribution in [0.3, 0.4) is 0 Å². The van der Waals surface area contributed by atoms with Crippen molar-refractivity contribution in [3.63, 3.8) is 0 Å². The molecule has 2 heterocycles. The number of rotatable bonds is 2. The normalized spacial score (nSPS) is 54.7. The Morgan fingerprint density at radius 3 is 2.41 bits per heavy atom. The highest BCUT2D eigenvalue weighted by Crippen LogP contribution is 2.82. The Balaban J connectivity index is 1.56. The van der Waals surface area contributed by atoms with Crippen molar-refractivity contribution in [3.05, 3.63) is 0 Å². The van der Waals surface area contributed by atoms with E-state index in [-0.39, 0.29) is 17.0 Å². The molecule has 0 spiro atoms. The molecule has 4 aliphatic rings. The quantitative estimate of drug-likeness (QED) is 0.680. The molecule has 2 saturated heterocycles. The second kappa shape index (κ2) is 3.08. The number of epoxide rings is 2. The molecule has 0 N–H and O–H groups in total. The Morgan fingerprint density at radius 2 is 1.71 bits per heavy atom. The molecule has 2 atom stereocenters. The molecule has 4 fully saturated rings. The van der Waals surface area contributed by atoms with Gasteiger partial charge in [0.15, 0.2) is 0 Å². The van der Waals surface area contributed by atoms with Crippen LogP contribution in [0.2, 0.25) is 0 Å². The van der Waals surface area contributed by atoms with E-state index in [1.165, 1.54) is 44.9 Å². The first-order chi connectivity index (χ1) is 8.14. The minimum absolute atomic E-state index is 0.0943. The van der Waals surface area contributed by atoms with Crippen molar-refractivity contribution in [1.82, 2.24) is 0 Å². The van der Waals surface area contributed by atoms with E-state index in [4.69, 9.17) is 9.47 Å². The highest BCUT2D eigenvalue weighted by atomic mass is 17.0. The van der Waals surface area contributed by atoms with Gasteiger partial charge in [-0.3, -0.25) is 0 Å². The summed E-state index contributed by atoms with van der Waals surface area (Å²) in [7, 11) is 0. The van der Waals surface area contributed by atoms with E-state index in [0.717, 1.165) is 18.3 Å². The van der Waals surface area contributed by atoms with Gasteiger partial charge in [0, 0.05) is 11.8 Å². The van der Waals surface area contributed by atoms with Crippen LogP contribution >= 0.6 is 0 Å². The fraction of sp³-hybridized carbons (Fsp3) is 1.00. The van der Waals surface area contributed by atoms with Crippen molar-refractivity contribution in [2.45, 2.75) is 76.8 Å². The van der Waals surface area contributed by atoms with Crippen molar-refractivity contribution in [2.24, 2.45) is 17.3 Å². The van der Waals surface area contributed by atoms with Crippen molar-refractivity contribution in [3.8, 4) is 0 Å². The SMILES string of the molecule is CC(C1CCCCC1)C1(C)CCCC23OC21O3. The third-order valence-electron chi connectivity index (χ3n) is 6.35. The molecule has 0 aromatic heterocycles. The van der Waals surface area contributed by atoms with Crippen LogP contribution in [0.4, 0.5) is 0 Å². The summed E-state index contributed by atoms with van der Waals surface area (Å²) in [5.74, 6) is 1.44. The van der Waals surface area contributed by atoms with Crippen LogP contribution in [-0.4, -0.2) is 11.6 Å². The van der Waals surface area contributed by atoms with E-state index in [1.54, 1.807) is 0 Å². The summed E-state index contributed by atoms with van der Waals surface area (Å²) in [5, 5.41) is 0. The molecule has 0 amide bonds. The minimum atomic E-state index is -0.130. The number of hydrogen-bond acceptors (Lipinski definition) is 2. The Hall–Kier alpha value is -0.0800. The van der Waals surface area contributed by atoms with Crippen LogP contribution in [0.1, 0.15) is 65.2 Å². The van der Waals surface area contributed by atoms with E-state index in [2.05, 4.69) is 13.8 Å². The predicted octanol–water partition coefficient (Wildman–Crippen LogP) is 3.85. The first kappa shape index (κ1) is 10.8. The van der Waals surface area contributed by atoms with Crippen LogP contribution in [0.15, 0.2) is 0 Å². The zero-order chi connectivity index (χ0) is 11.7. The molecule has 2 saturated carbocycles. The van der Waals surface area contributed by atoms with Gasteiger partial charge in [-0.1, -0.05) is 46.0 Å². The molecule has 2 heteroatoms. The van der Waals surface area contributed by atoms with Crippen LogP contribution in [0.5, 0.6) is 0 Å². The summed E-state index contributed by atoms with van der Waals surface area (Å²) in [6.45, 7) is 4.89. The van der Waals surface area contributed by atoms with Crippen LogP contribution in [0, 0.1) is 17.3 Å². The first-order valence-corrected chi connectivity index (χ1v) is 7.54. The topological polar surface area (TPSA) is 25.1 Å². The number of ether oxygens (including phenoxy) is 2. The van der Waals surface area contributed by atoms with Gasteiger partial charge in [0.05, 0.1) is 0 Å². The van der Waals surface area contributed by atoms with Crippen molar-refractivity contribution in [1.29, 1.82) is 0 Å². The minimum Gasteiger partial charge on any atom is -0.306 e. The van der Waals surface area contributed by atoms with E-state index >= 15 is 0 Å². The molecule has 17 heavy (non-hydrogen) atoms. The van der Waals surface area contributed by atoms with Crippen LogP contribution in [0.25, 0.3) is 0 Å². The van der Waals surface area contributed by atoms with Crippen molar-refractivity contribution < 1.29 is 9.47 Å². The van der Waals surface area contributed by atoms with Gasteiger partial charge in [-0.2, -0.15) is 0 Å².